The van der Waals surface area contributed by atoms with Crippen molar-refractivity contribution in [2.24, 2.45) is 0 Å². The van der Waals surface area contributed by atoms with E-state index in [2.05, 4.69) is 4.98 Å². The van der Waals surface area contributed by atoms with Gasteiger partial charge in [0.05, 0.1) is 0 Å². The normalized spacial score (nSPS) is 13.7. The first-order chi connectivity index (χ1) is 8.79. The van der Waals surface area contributed by atoms with Crippen LogP contribution in [0.4, 0.5) is 13.2 Å². The number of rotatable bonds is 3. The zero-order chi connectivity index (χ0) is 14.2. The van der Waals surface area contributed by atoms with E-state index in [-0.39, 0.29) is 5.56 Å². The molecule has 1 heterocycles. The van der Waals surface area contributed by atoms with Gasteiger partial charge in [0.15, 0.2) is 0 Å². The molecule has 0 fully saturated rings. The number of nitrogens with zero attached hydrogens (tertiary/aromatic N) is 1. The second-order valence-electron chi connectivity index (χ2n) is 4.40. The number of aromatic amines is 1. The number of nitro groups is 1. The molecule has 19 heavy (non-hydrogen) atoms. The molecule has 1 aromatic heterocycles. The zero-order valence-electron chi connectivity index (χ0n) is 9.99. The number of hydrogen-bond acceptors (Lipinski definition) is 2. The summed E-state index contributed by atoms with van der Waals surface area (Å²) in [5.74, 6) is -2.10. The van der Waals surface area contributed by atoms with Crippen LogP contribution in [0, 0.1) is 17.0 Å². The molecule has 0 aliphatic rings. The molecule has 0 saturated carbocycles. The van der Waals surface area contributed by atoms with Crippen molar-refractivity contribution >= 4 is 10.9 Å². The summed E-state index contributed by atoms with van der Waals surface area (Å²) in [5, 5.41) is 10.8. The molecule has 0 aliphatic carbocycles. The minimum absolute atomic E-state index is 0.0841. The van der Waals surface area contributed by atoms with E-state index in [9.17, 15) is 23.3 Å². The van der Waals surface area contributed by atoms with E-state index < -0.39 is 23.6 Å². The van der Waals surface area contributed by atoms with Gasteiger partial charge >= 0.3 is 6.18 Å². The molecule has 0 radical (unpaired) electrons. The fourth-order valence-corrected chi connectivity index (χ4v) is 2.08. The van der Waals surface area contributed by atoms with Crippen molar-refractivity contribution in [3.63, 3.8) is 0 Å². The second kappa shape index (κ2) is 4.56. The summed E-state index contributed by atoms with van der Waals surface area (Å²) in [4.78, 5) is 12.2. The largest absolute Gasteiger partial charge is 0.402 e. The van der Waals surface area contributed by atoms with Crippen molar-refractivity contribution < 1.29 is 18.1 Å². The summed E-state index contributed by atoms with van der Waals surface area (Å²) < 4.78 is 38.8. The van der Waals surface area contributed by atoms with Crippen LogP contribution in [0.1, 0.15) is 17.0 Å². The first-order valence-corrected chi connectivity index (χ1v) is 5.55. The highest BCUT2D eigenvalue weighted by Gasteiger charge is 2.45. The van der Waals surface area contributed by atoms with Gasteiger partial charge < -0.3 is 4.98 Å². The number of aryl methyl sites for hydroxylation is 1. The van der Waals surface area contributed by atoms with Gasteiger partial charge in [-0.25, -0.2) is 0 Å². The van der Waals surface area contributed by atoms with E-state index in [1.165, 1.54) is 6.20 Å². The predicted molar refractivity (Wildman–Crippen MR) is 63.7 cm³/mol. The summed E-state index contributed by atoms with van der Waals surface area (Å²) in [6.07, 6.45) is -3.45. The van der Waals surface area contributed by atoms with Crippen LogP contribution in [0.3, 0.4) is 0 Å². The molecule has 1 aromatic carbocycles. The molecular weight excluding hydrogens is 261 g/mol. The van der Waals surface area contributed by atoms with Gasteiger partial charge in [-0.2, -0.15) is 13.2 Å². The number of fused-ring (bicyclic) bond motifs is 1. The van der Waals surface area contributed by atoms with E-state index in [4.69, 9.17) is 0 Å². The van der Waals surface area contributed by atoms with Crippen LogP contribution in [0.5, 0.6) is 0 Å². The van der Waals surface area contributed by atoms with Gasteiger partial charge in [-0.3, -0.25) is 10.1 Å². The van der Waals surface area contributed by atoms with Crippen LogP contribution >= 0.6 is 0 Å². The molecule has 2 aromatic rings. The number of benzene rings is 1. The number of alkyl halides is 3. The summed E-state index contributed by atoms with van der Waals surface area (Å²) >= 11 is 0. The highest BCUT2D eigenvalue weighted by Crippen LogP contribution is 2.38. The van der Waals surface area contributed by atoms with Crippen LogP contribution in [-0.4, -0.2) is 22.6 Å². The molecule has 1 unspecified atom stereocenters. The summed E-state index contributed by atoms with van der Waals surface area (Å²) in [5.41, 5.74) is 1.37. The Morgan fingerprint density at radius 3 is 2.68 bits per heavy atom. The van der Waals surface area contributed by atoms with Crippen molar-refractivity contribution in [2.45, 2.75) is 19.0 Å². The second-order valence-corrected chi connectivity index (χ2v) is 4.40. The Morgan fingerprint density at radius 2 is 2.11 bits per heavy atom. The number of halogens is 3. The Balaban J connectivity index is 2.53. The third-order valence-electron chi connectivity index (χ3n) is 2.97. The van der Waals surface area contributed by atoms with Crippen molar-refractivity contribution in [2.75, 3.05) is 6.54 Å². The lowest BCUT2D eigenvalue weighted by Gasteiger charge is -2.16. The number of aromatic nitrogens is 1. The maximum absolute atomic E-state index is 12.9. The Hall–Kier alpha value is -2.05. The van der Waals surface area contributed by atoms with Crippen molar-refractivity contribution in [1.82, 2.24) is 4.98 Å². The molecule has 0 aliphatic heterocycles. The third-order valence-corrected chi connectivity index (χ3v) is 2.97. The average molecular weight is 272 g/mol. The van der Waals surface area contributed by atoms with Crippen LogP contribution in [0.2, 0.25) is 0 Å². The predicted octanol–water partition coefficient (Wildman–Crippen LogP) is 3.40. The molecular formula is C12H11F3N2O2. The van der Waals surface area contributed by atoms with Gasteiger partial charge in [-0.1, -0.05) is 12.1 Å². The molecule has 4 nitrogen and oxygen atoms in total. The molecule has 2 rings (SSSR count). The quantitative estimate of drug-likeness (QED) is 0.687. The maximum Gasteiger partial charge on any atom is 0.402 e. The molecule has 7 heteroatoms. The minimum atomic E-state index is -4.65. The number of nitrogens with one attached hydrogen (secondary N) is 1. The van der Waals surface area contributed by atoms with E-state index >= 15 is 0 Å². The van der Waals surface area contributed by atoms with Crippen LogP contribution in [0.25, 0.3) is 10.9 Å². The van der Waals surface area contributed by atoms with Gasteiger partial charge in [-0.15, -0.1) is 0 Å². The lowest BCUT2D eigenvalue weighted by atomic mass is 9.97. The number of hydrogen-bond donors (Lipinski definition) is 1. The van der Waals surface area contributed by atoms with E-state index in [0.717, 1.165) is 5.56 Å². The fraction of sp³-hybridized carbons (Fsp3) is 0.333. The average Bonchev–Trinajstić information content (AvgIpc) is 2.66. The van der Waals surface area contributed by atoms with Crippen molar-refractivity contribution in [3.05, 3.63) is 45.6 Å². The summed E-state index contributed by atoms with van der Waals surface area (Å²) in [7, 11) is 0. The van der Waals surface area contributed by atoms with Crippen molar-refractivity contribution in [3.8, 4) is 0 Å². The van der Waals surface area contributed by atoms with Gasteiger partial charge in [0.25, 0.3) is 0 Å². The smallest absolute Gasteiger partial charge is 0.361 e. The molecule has 1 N–H and O–H groups in total. The SMILES string of the molecule is Cc1ccc2c(C(C[N+](=O)[O-])C(F)(F)F)c[nH]c2c1. The van der Waals surface area contributed by atoms with E-state index in [1.54, 1.807) is 18.2 Å². The monoisotopic (exact) mass is 272 g/mol. The topological polar surface area (TPSA) is 58.9 Å². The Kier molecular flexibility index (Phi) is 3.21. The van der Waals surface area contributed by atoms with Crippen LogP contribution < -0.4 is 0 Å². The highest BCUT2D eigenvalue weighted by atomic mass is 19.4. The summed E-state index contributed by atoms with van der Waals surface area (Å²) in [6, 6.07) is 4.94. The van der Waals surface area contributed by atoms with Gasteiger partial charge in [0.1, 0.15) is 5.92 Å². The van der Waals surface area contributed by atoms with Gasteiger partial charge in [0.2, 0.25) is 6.54 Å². The number of H-pyrrole nitrogens is 1. The molecule has 0 spiro atoms. The van der Waals surface area contributed by atoms with Crippen LogP contribution in [-0.2, 0) is 0 Å². The van der Waals surface area contributed by atoms with E-state index in [1.807, 2.05) is 6.92 Å². The Labute approximate surface area is 106 Å². The van der Waals surface area contributed by atoms with Gasteiger partial charge in [-0.05, 0) is 24.1 Å². The molecule has 1 atom stereocenters. The maximum atomic E-state index is 12.9. The molecule has 0 amide bonds. The zero-order valence-corrected chi connectivity index (χ0v) is 9.99. The standard InChI is InChI=1S/C12H11F3N2O2/c1-7-2-3-8-9(5-16-11(8)4-7)10(6-17(18)19)12(13,14)15/h2-5,10,16H,6H2,1H3. The minimum Gasteiger partial charge on any atom is -0.361 e. The lowest BCUT2D eigenvalue weighted by molar-refractivity contribution is -0.490. The molecule has 0 bridgehead atoms. The molecule has 102 valence electrons. The fourth-order valence-electron chi connectivity index (χ4n) is 2.08. The first-order valence-electron chi connectivity index (χ1n) is 5.55. The Bertz CT molecular complexity index is 619. The van der Waals surface area contributed by atoms with Crippen LogP contribution in [0.15, 0.2) is 24.4 Å². The highest BCUT2D eigenvalue weighted by molar-refractivity contribution is 5.84. The Morgan fingerprint density at radius 1 is 1.42 bits per heavy atom. The van der Waals surface area contributed by atoms with Gasteiger partial charge in [0, 0.05) is 22.0 Å². The third kappa shape index (κ3) is 2.69. The van der Waals surface area contributed by atoms with E-state index in [0.29, 0.717) is 10.9 Å². The van der Waals surface area contributed by atoms with Crippen molar-refractivity contribution in [1.29, 1.82) is 0 Å². The lowest BCUT2D eigenvalue weighted by Crippen LogP contribution is -2.27. The summed E-state index contributed by atoms with van der Waals surface area (Å²) in [6.45, 7) is 0.655. The molecule has 0 saturated heterocycles. The first kappa shape index (κ1) is 13.4.